The van der Waals surface area contributed by atoms with Crippen molar-refractivity contribution in [3.05, 3.63) is 65.7 Å². The summed E-state index contributed by atoms with van der Waals surface area (Å²) in [6, 6.07) is 17.1. The molecule has 1 N–H and O–H groups in total. The molecule has 1 unspecified atom stereocenters. The second-order valence-electron chi connectivity index (χ2n) is 8.15. The van der Waals surface area contributed by atoms with Crippen LogP contribution in [0.15, 0.2) is 54.6 Å². The van der Waals surface area contributed by atoms with Crippen LogP contribution in [-0.4, -0.2) is 37.4 Å². The van der Waals surface area contributed by atoms with E-state index in [4.69, 9.17) is 14.2 Å². The molecule has 1 amide bonds. The van der Waals surface area contributed by atoms with Gasteiger partial charge in [0.1, 0.15) is 17.3 Å². The van der Waals surface area contributed by atoms with Gasteiger partial charge in [0.15, 0.2) is 0 Å². The van der Waals surface area contributed by atoms with Crippen molar-refractivity contribution in [2.75, 3.05) is 19.8 Å². The fourth-order valence-corrected chi connectivity index (χ4v) is 3.04. The van der Waals surface area contributed by atoms with Crippen molar-refractivity contribution in [2.24, 2.45) is 0 Å². The zero-order valence-electron chi connectivity index (χ0n) is 18.9. The molecule has 6 heteroatoms. The van der Waals surface area contributed by atoms with Crippen molar-refractivity contribution in [3.8, 4) is 5.75 Å². The third kappa shape index (κ3) is 8.70. The first-order valence-corrected chi connectivity index (χ1v) is 10.7. The number of esters is 1. The van der Waals surface area contributed by atoms with E-state index in [2.05, 4.69) is 5.32 Å². The lowest BCUT2D eigenvalue weighted by Gasteiger charge is -2.19. The normalized spacial score (nSPS) is 12.0. The van der Waals surface area contributed by atoms with Gasteiger partial charge in [-0.2, -0.15) is 0 Å². The van der Waals surface area contributed by atoms with Crippen molar-refractivity contribution < 1.29 is 23.8 Å². The molecule has 0 aliphatic heterocycles. The van der Waals surface area contributed by atoms with E-state index < -0.39 is 17.6 Å². The Bertz CT molecular complexity index is 829. The molecule has 0 saturated carbocycles. The zero-order chi connectivity index (χ0) is 22.7. The van der Waals surface area contributed by atoms with Crippen molar-refractivity contribution in [3.63, 3.8) is 0 Å². The second-order valence-corrected chi connectivity index (χ2v) is 8.15. The van der Waals surface area contributed by atoms with Gasteiger partial charge >= 0.3 is 12.1 Å². The van der Waals surface area contributed by atoms with Crippen LogP contribution >= 0.6 is 0 Å². The Morgan fingerprint density at radius 1 is 0.968 bits per heavy atom. The standard InChI is InChI=1S/C25H33NO5/c1-5-29-23(27)22(19-12-7-6-8-13-19)20-14-11-15-21(18-20)30-17-10-9-16-26-24(28)31-25(2,3)4/h6-8,11-15,18,22H,5,9-10,16-17H2,1-4H3,(H,26,28). The number of amides is 1. The largest absolute Gasteiger partial charge is 0.494 e. The molecule has 0 saturated heterocycles. The lowest BCUT2D eigenvalue weighted by Crippen LogP contribution is -2.33. The summed E-state index contributed by atoms with van der Waals surface area (Å²) in [5, 5.41) is 2.74. The molecular formula is C25H33NO5. The van der Waals surface area contributed by atoms with Crippen LogP contribution in [-0.2, 0) is 14.3 Å². The number of hydrogen-bond acceptors (Lipinski definition) is 5. The molecule has 0 spiro atoms. The maximum atomic E-state index is 12.6. The molecule has 0 heterocycles. The molecule has 0 aromatic heterocycles. The third-order valence-electron chi connectivity index (χ3n) is 4.35. The van der Waals surface area contributed by atoms with Crippen LogP contribution in [0.1, 0.15) is 57.6 Å². The van der Waals surface area contributed by atoms with Gasteiger partial charge in [-0.3, -0.25) is 4.79 Å². The Labute approximate surface area is 184 Å². The molecule has 0 aliphatic carbocycles. The first-order valence-electron chi connectivity index (χ1n) is 10.7. The highest BCUT2D eigenvalue weighted by atomic mass is 16.6. The summed E-state index contributed by atoms with van der Waals surface area (Å²) in [5.41, 5.74) is 1.21. The summed E-state index contributed by atoms with van der Waals surface area (Å²) in [6.07, 6.45) is 1.14. The first-order chi connectivity index (χ1) is 14.8. The van der Waals surface area contributed by atoms with Gasteiger partial charge in [0.2, 0.25) is 0 Å². The van der Waals surface area contributed by atoms with E-state index in [0.717, 1.165) is 24.0 Å². The van der Waals surface area contributed by atoms with Gasteiger partial charge in [-0.25, -0.2) is 4.79 Å². The van der Waals surface area contributed by atoms with E-state index in [0.29, 0.717) is 25.5 Å². The topological polar surface area (TPSA) is 73.9 Å². The molecule has 0 bridgehead atoms. The van der Waals surface area contributed by atoms with Crippen molar-refractivity contribution in [1.82, 2.24) is 5.32 Å². The molecule has 0 fully saturated rings. The third-order valence-corrected chi connectivity index (χ3v) is 4.35. The van der Waals surface area contributed by atoms with Crippen LogP contribution in [0.25, 0.3) is 0 Å². The summed E-state index contributed by atoms with van der Waals surface area (Å²) in [7, 11) is 0. The van der Waals surface area contributed by atoms with Gasteiger partial charge in [0.05, 0.1) is 13.2 Å². The van der Waals surface area contributed by atoms with E-state index in [1.165, 1.54) is 0 Å². The van der Waals surface area contributed by atoms with Gasteiger partial charge in [-0.05, 0) is 63.8 Å². The highest BCUT2D eigenvalue weighted by Crippen LogP contribution is 2.28. The highest BCUT2D eigenvalue weighted by molar-refractivity contribution is 5.82. The van der Waals surface area contributed by atoms with E-state index in [1.807, 2.05) is 75.4 Å². The van der Waals surface area contributed by atoms with Gasteiger partial charge in [0.25, 0.3) is 0 Å². The molecule has 0 radical (unpaired) electrons. The monoisotopic (exact) mass is 427 g/mol. The number of unbranched alkanes of at least 4 members (excludes halogenated alkanes) is 1. The Kier molecular flexibility index (Phi) is 9.38. The molecular weight excluding hydrogens is 394 g/mol. The number of carbonyl (C=O) groups excluding carboxylic acids is 2. The maximum Gasteiger partial charge on any atom is 0.407 e. The van der Waals surface area contributed by atoms with Crippen LogP contribution in [0.3, 0.4) is 0 Å². The number of ether oxygens (including phenoxy) is 3. The molecule has 31 heavy (non-hydrogen) atoms. The molecule has 6 nitrogen and oxygen atoms in total. The first kappa shape index (κ1) is 24.3. The average Bonchev–Trinajstić information content (AvgIpc) is 2.71. The van der Waals surface area contributed by atoms with Crippen LogP contribution in [0.2, 0.25) is 0 Å². The SMILES string of the molecule is CCOC(=O)C(c1ccccc1)c1cccc(OCCCCNC(=O)OC(C)(C)C)c1. The van der Waals surface area contributed by atoms with Crippen molar-refractivity contribution in [1.29, 1.82) is 0 Å². The second kappa shape index (κ2) is 12.0. The summed E-state index contributed by atoms with van der Waals surface area (Å²) < 4.78 is 16.4. The Morgan fingerprint density at radius 3 is 2.35 bits per heavy atom. The van der Waals surface area contributed by atoms with Gasteiger partial charge in [-0.15, -0.1) is 0 Å². The zero-order valence-corrected chi connectivity index (χ0v) is 18.9. The van der Waals surface area contributed by atoms with E-state index in [1.54, 1.807) is 6.92 Å². The van der Waals surface area contributed by atoms with Gasteiger partial charge in [0, 0.05) is 6.54 Å². The lowest BCUT2D eigenvalue weighted by atomic mass is 9.91. The fourth-order valence-electron chi connectivity index (χ4n) is 3.04. The molecule has 1 atom stereocenters. The summed E-state index contributed by atoms with van der Waals surface area (Å²) >= 11 is 0. The van der Waals surface area contributed by atoms with Crippen molar-refractivity contribution in [2.45, 2.75) is 52.1 Å². The maximum absolute atomic E-state index is 12.6. The summed E-state index contributed by atoms with van der Waals surface area (Å²) in [5.74, 6) is -0.0790. The van der Waals surface area contributed by atoms with Gasteiger partial charge < -0.3 is 19.5 Å². The van der Waals surface area contributed by atoms with Crippen LogP contribution in [0.5, 0.6) is 5.75 Å². The molecule has 2 aromatic rings. The van der Waals surface area contributed by atoms with E-state index in [9.17, 15) is 9.59 Å². The minimum Gasteiger partial charge on any atom is -0.494 e. The summed E-state index contributed by atoms with van der Waals surface area (Å²) in [4.78, 5) is 24.3. The number of alkyl carbamates (subject to hydrolysis) is 1. The molecule has 168 valence electrons. The van der Waals surface area contributed by atoms with Crippen molar-refractivity contribution >= 4 is 12.1 Å². The predicted molar refractivity (Wildman–Crippen MR) is 120 cm³/mol. The minimum atomic E-state index is -0.501. The number of hydrogen-bond donors (Lipinski definition) is 1. The van der Waals surface area contributed by atoms with E-state index in [-0.39, 0.29) is 5.97 Å². The number of nitrogens with one attached hydrogen (secondary N) is 1. The van der Waals surface area contributed by atoms with Crippen LogP contribution in [0.4, 0.5) is 4.79 Å². The highest BCUT2D eigenvalue weighted by Gasteiger charge is 2.24. The summed E-state index contributed by atoms with van der Waals surface area (Å²) in [6.45, 7) is 8.66. The lowest BCUT2D eigenvalue weighted by molar-refractivity contribution is -0.143. The smallest absolute Gasteiger partial charge is 0.407 e. The quantitative estimate of drug-likeness (QED) is 0.423. The average molecular weight is 428 g/mol. The minimum absolute atomic E-state index is 0.279. The van der Waals surface area contributed by atoms with Crippen LogP contribution in [0, 0.1) is 0 Å². The fraction of sp³-hybridized carbons (Fsp3) is 0.440. The molecule has 0 aliphatic rings. The van der Waals surface area contributed by atoms with Crippen LogP contribution < -0.4 is 10.1 Å². The molecule has 2 rings (SSSR count). The van der Waals surface area contributed by atoms with E-state index >= 15 is 0 Å². The number of benzene rings is 2. The molecule has 2 aromatic carbocycles. The number of carbonyl (C=O) groups is 2. The Hall–Kier alpha value is -3.02. The Morgan fingerprint density at radius 2 is 1.68 bits per heavy atom. The van der Waals surface area contributed by atoms with Gasteiger partial charge in [-0.1, -0.05) is 42.5 Å². The Balaban J connectivity index is 1.89. The predicted octanol–water partition coefficient (Wildman–Crippen LogP) is 5.07. The number of rotatable bonds is 10.